The van der Waals surface area contributed by atoms with Crippen molar-refractivity contribution in [1.29, 1.82) is 0 Å². The topological polar surface area (TPSA) is 39.1 Å². The number of nitrogens with one attached hydrogen (secondary N) is 1. The van der Waals surface area contributed by atoms with Crippen molar-refractivity contribution in [3.63, 3.8) is 0 Å². The first-order valence-electron chi connectivity index (χ1n) is 5.58. The summed E-state index contributed by atoms with van der Waals surface area (Å²) in [6, 6.07) is 0.403. The smallest absolute Gasteiger partial charge is 0.0635 e. The molecule has 5 heteroatoms. The molecule has 4 nitrogen and oxygen atoms in total. The van der Waals surface area contributed by atoms with E-state index in [2.05, 4.69) is 44.9 Å². The number of aromatic nitrogens is 2. The Labute approximate surface area is 105 Å². The monoisotopic (exact) mass is 289 g/mol. The van der Waals surface area contributed by atoms with Crippen molar-refractivity contribution >= 4 is 15.9 Å². The van der Waals surface area contributed by atoms with Crippen LogP contribution in [0.3, 0.4) is 0 Å². The summed E-state index contributed by atoms with van der Waals surface area (Å²) in [6.07, 6.45) is 2.84. The van der Waals surface area contributed by atoms with Crippen molar-refractivity contribution in [3.8, 4) is 0 Å². The third kappa shape index (κ3) is 3.88. The first kappa shape index (κ1) is 13.7. The van der Waals surface area contributed by atoms with Gasteiger partial charge in [0, 0.05) is 32.7 Å². The van der Waals surface area contributed by atoms with E-state index < -0.39 is 0 Å². The highest BCUT2D eigenvalue weighted by molar-refractivity contribution is 9.10. The van der Waals surface area contributed by atoms with E-state index in [0.717, 1.165) is 30.6 Å². The molecule has 0 atom stereocenters. The quantitative estimate of drug-likeness (QED) is 0.781. The molecule has 0 aliphatic heterocycles. The Morgan fingerprint density at radius 1 is 1.50 bits per heavy atom. The van der Waals surface area contributed by atoms with E-state index in [1.54, 1.807) is 7.11 Å². The van der Waals surface area contributed by atoms with Crippen LogP contribution in [0.5, 0.6) is 0 Å². The van der Waals surface area contributed by atoms with Gasteiger partial charge in [-0.3, -0.25) is 4.68 Å². The van der Waals surface area contributed by atoms with Crippen LogP contribution in [0.15, 0.2) is 10.7 Å². The molecular formula is C11H20BrN3O. The molecule has 0 fully saturated rings. The Morgan fingerprint density at radius 2 is 2.25 bits per heavy atom. The van der Waals surface area contributed by atoms with Crippen molar-refractivity contribution in [3.05, 3.63) is 16.4 Å². The van der Waals surface area contributed by atoms with Gasteiger partial charge in [0.25, 0.3) is 0 Å². The van der Waals surface area contributed by atoms with Crippen LogP contribution in [0.25, 0.3) is 0 Å². The summed E-state index contributed by atoms with van der Waals surface area (Å²) in [4.78, 5) is 0. The molecular weight excluding hydrogens is 270 g/mol. The third-order valence-electron chi connectivity index (χ3n) is 2.36. The molecule has 0 aliphatic carbocycles. The first-order valence-corrected chi connectivity index (χ1v) is 6.37. The van der Waals surface area contributed by atoms with Gasteiger partial charge in [-0.1, -0.05) is 0 Å². The molecule has 1 N–H and O–H groups in total. The molecule has 1 rings (SSSR count). The SMILES string of the molecule is COCCNCCc1c(Br)cnn1C(C)C. The molecule has 0 aliphatic rings. The first-order chi connectivity index (χ1) is 7.66. The highest BCUT2D eigenvalue weighted by Gasteiger charge is 2.10. The molecule has 0 saturated heterocycles. The third-order valence-corrected chi connectivity index (χ3v) is 3.02. The Morgan fingerprint density at radius 3 is 2.88 bits per heavy atom. The van der Waals surface area contributed by atoms with Gasteiger partial charge in [0.05, 0.1) is 23.0 Å². The Hall–Kier alpha value is -0.390. The van der Waals surface area contributed by atoms with E-state index in [4.69, 9.17) is 4.74 Å². The summed E-state index contributed by atoms with van der Waals surface area (Å²) in [5, 5.41) is 7.68. The van der Waals surface area contributed by atoms with Gasteiger partial charge in [-0.15, -0.1) is 0 Å². The molecule has 0 radical (unpaired) electrons. The number of hydrogen-bond acceptors (Lipinski definition) is 3. The van der Waals surface area contributed by atoms with Crippen molar-refractivity contribution < 1.29 is 4.74 Å². The molecule has 0 bridgehead atoms. The summed E-state index contributed by atoms with van der Waals surface area (Å²) >= 11 is 3.53. The van der Waals surface area contributed by atoms with Crippen molar-refractivity contribution in [2.24, 2.45) is 0 Å². The molecule has 92 valence electrons. The minimum absolute atomic E-state index is 0.403. The fraction of sp³-hybridized carbons (Fsp3) is 0.727. The predicted molar refractivity (Wildman–Crippen MR) is 68.8 cm³/mol. The van der Waals surface area contributed by atoms with Gasteiger partial charge in [0.2, 0.25) is 0 Å². The van der Waals surface area contributed by atoms with Gasteiger partial charge in [-0.25, -0.2) is 0 Å². The van der Waals surface area contributed by atoms with E-state index >= 15 is 0 Å². The lowest BCUT2D eigenvalue weighted by Crippen LogP contribution is -2.23. The van der Waals surface area contributed by atoms with Crippen LogP contribution in [0.1, 0.15) is 25.6 Å². The summed E-state index contributed by atoms with van der Waals surface area (Å²) in [5.41, 5.74) is 1.25. The summed E-state index contributed by atoms with van der Waals surface area (Å²) in [7, 11) is 1.71. The van der Waals surface area contributed by atoms with E-state index in [1.807, 2.05) is 6.20 Å². The van der Waals surface area contributed by atoms with Gasteiger partial charge >= 0.3 is 0 Å². The minimum atomic E-state index is 0.403. The van der Waals surface area contributed by atoms with Crippen molar-refractivity contribution in [2.75, 3.05) is 26.8 Å². The highest BCUT2D eigenvalue weighted by Crippen LogP contribution is 2.19. The average molecular weight is 290 g/mol. The fourth-order valence-corrected chi connectivity index (χ4v) is 2.02. The lowest BCUT2D eigenvalue weighted by molar-refractivity contribution is 0.199. The van der Waals surface area contributed by atoms with Gasteiger partial charge in [0.15, 0.2) is 0 Å². The van der Waals surface area contributed by atoms with Crippen molar-refractivity contribution in [1.82, 2.24) is 15.1 Å². The number of methoxy groups -OCH3 is 1. The zero-order valence-corrected chi connectivity index (χ0v) is 11.7. The normalized spacial score (nSPS) is 11.3. The van der Waals surface area contributed by atoms with E-state index in [0.29, 0.717) is 6.04 Å². The van der Waals surface area contributed by atoms with Crippen LogP contribution in [-0.2, 0) is 11.2 Å². The zero-order chi connectivity index (χ0) is 12.0. The van der Waals surface area contributed by atoms with E-state index in [9.17, 15) is 0 Å². The minimum Gasteiger partial charge on any atom is -0.383 e. The second-order valence-electron chi connectivity index (χ2n) is 3.97. The highest BCUT2D eigenvalue weighted by atomic mass is 79.9. The Bertz CT molecular complexity index is 312. The van der Waals surface area contributed by atoms with Crippen LogP contribution in [0.2, 0.25) is 0 Å². The molecule has 0 aromatic carbocycles. The maximum atomic E-state index is 4.98. The maximum absolute atomic E-state index is 4.98. The standard InChI is InChI=1S/C11H20BrN3O/c1-9(2)15-11(10(12)8-14-15)4-5-13-6-7-16-3/h8-9,13H,4-7H2,1-3H3. The van der Waals surface area contributed by atoms with Crippen LogP contribution >= 0.6 is 15.9 Å². The summed E-state index contributed by atoms with van der Waals surface area (Å²) < 4.78 is 8.13. The van der Waals surface area contributed by atoms with Crippen LogP contribution in [0.4, 0.5) is 0 Å². The number of halogens is 1. The van der Waals surface area contributed by atoms with Crippen molar-refractivity contribution in [2.45, 2.75) is 26.3 Å². The van der Waals surface area contributed by atoms with Gasteiger partial charge in [-0.2, -0.15) is 5.10 Å². The number of ether oxygens (including phenoxy) is 1. The molecule has 1 aromatic heterocycles. The van der Waals surface area contributed by atoms with Crippen LogP contribution < -0.4 is 5.32 Å². The summed E-state index contributed by atoms with van der Waals surface area (Å²) in [6.45, 7) is 6.87. The Balaban J connectivity index is 2.43. The molecule has 1 heterocycles. The van der Waals surface area contributed by atoms with Gasteiger partial charge < -0.3 is 10.1 Å². The van der Waals surface area contributed by atoms with Gasteiger partial charge in [-0.05, 0) is 29.8 Å². The second-order valence-corrected chi connectivity index (χ2v) is 4.82. The maximum Gasteiger partial charge on any atom is 0.0635 e. The number of hydrogen-bond donors (Lipinski definition) is 1. The molecule has 1 aromatic rings. The lowest BCUT2D eigenvalue weighted by atomic mass is 10.3. The second kappa shape index (κ2) is 7.04. The predicted octanol–water partition coefficient (Wildman–Crippen LogP) is 2.00. The van der Waals surface area contributed by atoms with E-state index in [1.165, 1.54) is 5.69 Å². The molecule has 0 saturated carbocycles. The Kier molecular flexibility index (Phi) is 6.01. The average Bonchev–Trinajstić information content (AvgIpc) is 2.60. The fourth-order valence-electron chi connectivity index (χ4n) is 1.55. The van der Waals surface area contributed by atoms with Crippen LogP contribution in [0, 0.1) is 0 Å². The number of rotatable bonds is 7. The van der Waals surface area contributed by atoms with E-state index in [-0.39, 0.29) is 0 Å². The van der Waals surface area contributed by atoms with Gasteiger partial charge in [0.1, 0.15) is 0 Å². The molecule has 0 unspecified atom stereocenters. The largest absolute Gasteiger partial charge is 0.383 e. The zero-order valence-electron chi connectivity index (χ0n) is 10.2. The molecule has 16 heavy (non-hydrogen) atoms. The lowest BCUT2D eigenvalue weighted by Gasteiger charge is -2.11. The summed E-state index contributed by atoms with van der Waals surface area (Å²) in [5.74, 6) is 0. The number of nitrogens with zero attached hydrogens (tertiary/aromatic N) is 2. The molecule has 0 amide bonds. The molecule has 0 spiro atoms. The van der Waals surface area contributed by atoms with Crippen LogP contribution in [-0.4, -0.2) is 36.6 Å².